The number of nitrogens with one attached hydrogen (secondary N) is 1. The molecular weight excluding hydrogens is 314 g/mol. The Labute approximate surface area is 147 Å². The second-order valence-electron chi connectivity index (χ2n) is 6.34. The number of hydrogen-bond acceptors (Lipinski definition) is 4. The molecule has 0 bridgehead atoms. The predicted octanol–water partition coefficient (Wildman–Crippen LogP) is 3.18. The Bertz CT molecular complexity index is 912. The number of aryl methyl sites for hydroxylation is 4. The molecule has 130 valence electrons. The standard InChI is InChI=1S/C19H23N5O/c1-5-6-17-22-19-20-13(3)16(14(4)24(19)23-17)11-18(25)21-15-9-7-12(2)8-10-15/h7-10H,5-6,11H2,1-4H3,(H,21,25). The smallest absolute Gasteiger partial charge is 0.252 e. The van der Waals surface area contributed by atoms with E-state index >= 15 is 0 Å². The summed E-state index contributed by atoms with van der Waals surface area (Å²) in [5, 5.41) is 7.45. The topological polar surface area (TPSA) is 72.2 Å². The Balaban J connectivity index is 1.84. The lowest BCUT2D eigenvalue weighted by Crippen LogP contribution is -2.17. The van der Waals surface area contributed by atoms with Gasteiger partial charge in [-0.15, -0.1) is 5.10 Å². The molecule has 0 aliphatic carbocycles. The number of anilines is 1. The summed E-state index contributed by atoms with van der Waals surface area (Å²) < 4.78 is 1.74. The SMILES string of the molecule is CCCc1nc2nc(C)c(CC(=O)Nc3ccc(C)cc3)c(C)n2n1. The molecule has 0 radical (unpaired) electrons. The zero-order valence-corrected chi connectivity index (χ0v) is 15.1. The molecule has 3 rings (SSSR count). The maximum absolute atomic E-state index is 12.4. The summed E-state index contributed by atoms with van der Waals surface area (Å²) >= 11 is 0. The summed E-state index contributed by atoms with van der Waals surface area (Å²) in [6.07, 6.45) is 2.07. The average Bonchev–Trinajstić information content (AvgIpc) is 2.97. The highest BCUT2D eigenvalue weighted by Gasteiger charge is 2.16. The molecule has 25 heavy (non-hydrogen) atoms. The molecule has 0 fully saturated rings. The molecule has 0 aliphatic rings. The molecule has 6 nitrogen and oxygen atoms in total. The molecule has 2 aromatic heterocycles. The molecule has 0 aliphatic heterocycles. The lowest BCUT2D eigenvalue weighted by molar-refractivity contribution is -0.115. The van der Waals surface area contributed by atoms with Gasteiger partial charge < -0.3 is 5.32 Å². The first-order valence-corrected chi connectivity index (χ1v) is 8.56. The molecule has 1 amide bonds. The van der Waals surface area contributed by atoms with E-state index in [-0.39, 0.29) is 12.3 Å². The van der Waals surface area contributed by atoms with E-state index in [4.69, 9.17) is 0 Å². The van der Waals surface area contributed by atoms with Gasteiger partial charge in [-0.1, -0.05) is 24.6 Å². The molecule has 0 spiro atoms. The summed E-state index contributed by atoms with van der Waals surface area (Å²) in [6.45, 7) is 7.98. The van der Waals surface area contributed by atoms with Crippen molar-refractivity contribution < 1.29 is 4.79 Å². The van der Waals surface area contributed by atoms with E-state index < -0.39 is 0 Å². The van der Waals surface area contributed by atoms with Crippen molar-refractivity contribution in [3.05, 3.63) is 52.6 Å². The Hall–Kier alpha value is -2.76. The molecule has 1 aromatic carbocycles. The summed E-state index contributed by atoms with van der Waals surface area (Å²) in [5.41, 5.74) is 4.58. The molecule has 0 saturated heterocycles. The third-order valence-electron chi connectivity index (χ3n) is 4.24. The van der Waals surface area contributed by atoms with Crippen molar-refractivity contribution in [1.29, 1.82) is 0 Å². The van der Waals surface area contributed by atoms with Crippen LogP contribution in [0.2, 0.25) is 0 Å². The molecule has 1 N–H and O–H groups in total. The van der Waals surface area contributed by atoms with E-state index in [1.165, 1.54) is 0 Å². The van der Waals surface area contributed by atoms with Gasteiger partial charge in [0.2, 0.25) is 5.91 Å². The minimum atomic E-state index is -0.0647. The van der Waals surface area contributed by atoms with Crippen molar-refractivity contribution in [2.45, 2.75) is 47.0 Å². The number of amides is 1. The van der Waals surface area contributed by atoms with Crippen LogP contribution in [-0.4, -0.2) is 25.5 Å². The number of benzene rings is 1. The minimum Gasteiger partial charge on any atom is -0.326 e. The van der Waals surface area contributed by atoms with Crippen LogP contribution in [0.1, 0.15) is 41.7 Å². The van der Waals surface area contributed by atoms with Crippen molar-refractivity contribution in [1.82, 2.24) is 19.6 Å². The van der Waals surface area contributed by atoms with Crippen LogP contribution in [0.15, 0.2) is 24.3 Å². The fraction of sp³-hybridized carbons (Fsp3) is 0.368. The monoisotopic (exact) mass is 337 g/mol. The number of carbonyl (C=O) groups excluding carboxylic acids is 1. The van der Waals surface area contributed by atoms with Gasteiger partial charge in [-0.05, 0) is 39.3 Å². The summed E-state index contributed by atoms with van der Waals surface area (Å²) in [5.74, 6) is 1.32. The largest absolute Gasteiger partial charge is 0.326 e. The van der Waals surface area contributed by atoms with E-state index in [1.807, 2.05) is 45.0 Å². The van der Waals surface area contributed by atoms with Crippen molar-refractivity contribution in [3.63, 3.8) is 0 Å². The Morgan fingerprint density at radius 1 is 1.12 bits per heavy atom. The van der Waals surface area contributed by atoms with Gasteiger partial charge in [-0.2, -0.15) is 4.98 Å². The first-order valence-electron chi connectivity index (χ1n) is 8.56. The van der Waals surface area contributed by atoms with Crippen molar-refractivity contribution in [2.24, 2.45) is 0 Å². The van der Waals surface area contributed by atoms with E-state index in [0.29, 0.717) is 5.78 Å². The van der Waals surface area contributed by atoms with E-state index in [9.17, 15) is 4.79 Å². The van der Waals surface area contributed by atoms with Crippen molar-refractivity contribution >= 4 is 17.4 Å². The number of hydrogen-bond donors (Lipinski definition) is 1. The van der Waals surface area contributed by atoms with Crippen LogP contribution < -0.4 is 5.32 Å². The number of carbonyl (C=O) groups is 1. The summed E-state index contributed by atoms with van der Waals surface area (Å²) in [4.78, 5) is 21.4. The highest BCUT2D eigenvalue weighted by Crippen LogP contribution is 2.16. The second-order valence-corrected chi connectivity index (χ2v) is 6.34. The van der Waals surface area contributed by atoms with E-state index in [2.05, 4.69) is 27.3 Å². The molecule has 0 atom stereocenters. The van der Waals surface area contributed by atoms with Crippen LogP contribution in [0.25, 0.3) is 5.78 Å². The van der Waals surface area contributed by atoms with Gasteiger partial charge in [-0.3, -0.25) is 4.79 Å². The van der Waals surface area contributed by atoms with Gasteiger partial charge in [0.1, 0.15) is 0 Å². The zero-order chi connectivity index (χ0) is 18.0. The van der Waals surface area contributed by atoms with Gasteiger partial charge in [0.25, 0.3) is 5.78 Å². The fourth-order valence-corrected chi connectivity index (χ4v) is 2.84. The van der Waals surface area contributed by atoms with Crippen LogP contribution in [0.5, 0.6) is 0 Å². The number of fused-ring (bicyclic) bond motifs is 1. The van der Waals surface area contributed by atoms with Crippen LogP contribution >= 0.6 is 0 Å². The first kappa shape index (κ1) is 17.1. The number of aromatic nitrogens is 4. The van der Waals surface area contributed by atoms with Crippen LogP contribution in [0.4, 0.5) is 5.69 Å². The molecule has 0 saturated carbocycles. The number of rotatable bonds is 5. The lowest BCUT2D eigenvalue weighted by Gasteiger charge is -2.11. The van der Waals surface area contributed by atoms with E-state index in [1.54, 1.807) is 4.52 Å². The maximum Gasteiger partial charge on any atom is 0.252 e. The van der Waals surface area contributed by atoms with Crippen LogP contribution in [0.3, 0.4) is 0 Å². The van der Waals surface area contributed by atoms with Crippen LogP contribution in [-0.2, 0) is 17.6 Å². The molecular formula is C19H23N5O. The highest BCUT2D eigenvalue weighted by molar-refractivity contribution is 5.92. The van der Waals surface area contributed by atoms with Crippen molar-refractivity contribution in [2.75, 3.05) is 5.32 Å². The minimum absolute atomic E-state index is 0.0647. The molecule has 3 aromatic rings. The number of nitrogens with zero attached hydrogens (tertiary/aromatic N) is 4. The third-order valence-corrected chi connectivity index (χ3v) is 4.24. The van der Waals surface area contributed by atoms with E-state index in [0.717, 1.165) is 46.9 Å². The normalized spacial score (nSPS) is 11.0. The second kappa shape index (κ2) is 7.01. The van der Waals surface area contributed by atoms with Gasteiger partial charge in [0.05, 0.1) is 6.42 Å². The quantitative estimate of drug-likeness (QED) is 0.776. The Morgan fingerprint density at radius 2 is 1.84 bits per heavy atom. The third kappa shape index (κ3) is 3.68. The van der Waals surface area contributed by atoms with Crippen LogP contribution in [0, 0.1) is 20.8 Å². The Morgan fingerprint density at radius 3 is 2.52 bits per heavy atom. The van der Waals surface area contributed by atoms with Gasteiger partial charge in [0.15, 0.2) is 5.82 Å². The summed E-state index contributed by atoms with van der Waals surface area (Å²) in [7, 11) is 0. The van der Waals surface area contributed by atoms with Gasteiger partial charge >= 0.3 is 0 Å². The van der Waals surface area contributed by atoms with Gasteiger partial charge in [0, 0.05) is 29.1 Å². The maximum atomic E-state index is 12.4. The summed E-state index contributed by atoms with van der Waals surface area (Å²) in [6, 6.07) is 7.76. The highest BCUT2D eigenvalue weighted by atomic mass is 16.1. The van der Waals surface area contributed by atoms with Gasteiger partial charge in [-0.25, -0.2) is 9.50 Å². The molecule has 0 unspecified atom stereocenters. The Kier molecular flexibility index (Phi) is 4.79. The zero-order valence-electron chi connectivity index (χ0n) is 15.1. The lowest BCUT2D eigenvalue weighted by atomic mass is 10.1. The predicted molar refractivity (Wildman–Crippen MR) is 97.8 cm³/mol. The van der Waals surface area contributed by atoms with Crippen molar-refractivity contribution in [3.8, 4) is 0 Å². The molecule has 6 heteroatoms. The fourth-order valence-electron chi connectivity index (χ4n) is 2.84. The average molecular weight is 337 g/mol. The first-order chi connectivity index (χ1) is 12.0. The molecule has 2 heterocycles.